The van der Waals surface area contributed by atoms with Crippen LogP contribution in [0.3, 0.4) is 0 Å². The van der Waals surface area contributed by atoms with Crippen LogP contribution in [0.5, 0.6) is 0 Å². The second kappa shape index (κ2) is 3.43. The SMILES string of the molecule is O=c1cc(CCF)[nH]c(=S)[nH]1. The van der Waals surface area contributed by atoms with Crippen LogP contribution in [-0.4, -0.2) is 16.6 Å². The highest BCUT2D eigenvalue weighted by atomic mass is 32.1. The first-order chi connectivity index (χ1) is 5.22. The van der Waals surface area contributed by atoms with Crippen molar-refractivity contribution in [2.24, 2.45) is 0 Å². The lowest BCUT2D eigenvalue weighted by molar-refractivity contribution is 0.491. The molecule has 1 heterocycles. The summed E-state index contributed by atoms with van der Waals surface area (Å²) < 4.78 is 12.0. The molecule has 0 unspecified atom stereocenters. The zero-order chi connectivity index (χ0) is 8.27. The van der Waals surface area contributed by atoms with Gasteiger partial charge in [0.05, 0.1) is 6.67 Å². The Kier molecular flexibility index (Phi) is 2.53. The summed E-state index contributed by atoms with van der Waals surface area (Å²) in [5.41, 5.74) is 0.235. The van der Waals surface area contributed by atoms with Crippen molar-refractivity contribution in [3.8, 4) is 0 Å². The second-order valence-corrected chi connectivity index (χ2v) is 2.46. The Balaban J connectivity index is 3.09. The molecule has 11 heavy (non-hydrogen) atoms. The van der Waals surface area contributed by atoms with E-state index in [1.54, 1.807) is 0 Å². The fourth-order valence-corrected chi connectivity index (χ4v) is 0.988. The zero-order valence-corrected chi connectivity index (χ0v) is 6.50. The molecule has 0 aliphatic heterocycles. The fourth-order valence-electron chi connectivity index (χ4n) is 0.756. The van der Waals surface area contributed by atoms with E-state index in [1.807, 2.05) is 0 Å². The van der Waals surface area contributed by atoms with Gasteiger partial charge in [0.2, 0.25) is 0 Å². The van der Waals surface area contributed by atoms with Crippen LogP contribution in [0.25, 0.3) is 0 Å². The topological polar surface area (TPSA) is 48.6 Å². The summed E-state index contributed by atoms with van der Waals surface area (Å²) in [6, 6.07) is 1.30. The molecule has 0 fully saturated rings. The Morgan fingerprint density at radius 1 is 1.55 bits per heavy atom. The number of nitrogens with one attached hydrogen (secondary N) is 2. The van der Waals surface area contributed by atoms with Crippen LogP contribution in [-0.2, 0) is 6.42 Å². The normalized spacial score (nSPS) is 9.91. The van der Waals surface area contributed by atoms with Crippen molar-refractivity contribution < 1.29 is 4.39 Å². The highest BCUT2D eigenvalue weighted by Gasteiger charge is 1.93. The molecule has 0 aliphatic carbocycles. The molecule has 1 aromatic rings. The molecular formula is C6H7FN2OS. The molecule has 0 aliphatic rings. The molecule has 0 radical (unpaired) electrons. The van der Waals surface area contributed by atoms with Crippen LogP contribution in [0.4, 0.5) is 4.39 Å². The van der Waals surface area contributed by atoms with Crippen LogP contribution in [0.1, 0.15) is 5.69 Å². The Morgan fingerprint density at radius 3 is 2.82 bits per heavy atom. The maximum Gasteiger partial charge on any atom is 0.251 e. The number of hydrogen-bond acceptors (Lipinski definition) is 2. The van der Waals surface area contributed by atoms with E-state index in [0.29, 0.717) is 5.69 Å². The van der Waals surface area contributed by atoms with E-state index in [4.69, 9.17) is 0 Å². The molecule has 1 rings (SSSR count). The molecule has 3 nitrogen and oxygen atoms in total. The average Bonchev–Trinajstić information content (AvgIpc) is 1.85. The Bertz CT molecular complexity index is 315. The molecule has 60 valence electrons. The van der Waals surface area contributed by atoms with E-state index in [2.05, 4.69) is 22.2 Å². The van der Waals surface area contributed by atoms with E-state index < -0.39 is 6.67 Å². The first-order valence-corrected chi connectivity index (χ1v) is 3.51. The van der Waals surface area contributed by atoms with Gasteiger partial charge in [-0.2, -0.15) is 0 Å². The third kappa shape index (κ3) is 2.27. The number of alkyl halides is 1. The van der Waals surface area contributed by atoms with Crippen LogP contribution < -0.4 is 5.56 Å². The Hall–Kier alpha value is -0.970. The average molecular weight is 174 g/mol. The van der Waals surface area contributed by atoms with Crippen molar-refractivity contribution in [1.29, 1.82) is 0 Å². The number of rotatable bonds is 2. The van der Waals surface area contributed by atoms with E-state index in [9.17, 15) is 9.18 Å². The van der Waals surface area contributed by atoms with Crippen molar-refractivity contribution >= 4 is 12.2 Å². The molecule has 0 atom stereocenters. The fraction of sp³-hybridized carbons (Fsp3) is 0.333. The first kappa shape index (κ1) is 8.13. The standard InChI is InChI=1S/C6H7FN2OS/c7-2-1-4-3-5(10)9-6(11)8-4/h3H,1-2H2,(H2,8,9,10,11). The van der Waals surface area contributed by atoms with Crippen molar-refractivity contribution in [2.75, 3.05) is 6.67 Å². The number of hydrogen-bond donors (Lipinski definition) is 2. The van der Waals surface area contributed by atoms with E-state index in [0.717, 1.165) is 0 Å². The second-order valence-electron chi connectivity index (χ2n) is 2.05. The van der Waals surface area contributed by atoms with Gasteiger partial charge in [0.25, 0.3) is 5.56 Å². The molecule has 0 saturated heterocycles. The van der Waals surface area contributed by atoms with Crippen LogP contribution in [0, 0.1) is 4.77 Å². The molecule has 0 spiro atoms. The minimum atomic E-state index is -0.491. The number of H-pyrrole nitrogens is 2. The van der Waals surface area contributed by atoms with Gasteiger partial charge < -0.3 is 4.98 Å². The van der Waals surface area contributed by atoms with Crippen LogP contribution in [0.15, 0.2) is 10.9 Å². The molecule has 2 N–H and O–H groups in total. The summed E-state index contributed by atoms with van der Waals surface area (Å²) in [4.78, 5) is 15.7. The van der Waals surface area contributed by atoms with E-state index in [-0.39, 0.29) is 16.8 Å². The lowest BCUT2D eigenvalue weighted by atomic mass is 10.3. The summed E-state index contributed by atoms with van der Waals surface area (Å²) in [5, 5.41) is 0. The quantitative estimate of drug-likeness (QED) is 0.656. The molecule has 0 bridgehead atoms. The maximum atomic E-state index is 11.8. The van der Waals surface area contributed by atoms with Gasteiger partial charge in [-0.1, -0.05) is 0 Å². The van der Waals surface area contributed by atoms with Gasteiger partial charge in [-0.25, -0.2) is 0 Å². The molecule has 0 amide bonds. The van der Waals surface area contributed by atoms with Gasteiger partial charge in [-0.05, 0) is 12.2 Å². The van der Waals surface area contributed by atoms with Gasteiger partial charge in [0.1, 0.15) is 0 Å². The van der Waals surface area contributed by atoms with Gasteiger partial charge in [-0.15, -0.1) is 0 Å². The third-order valence-corrected chi connectivity index (χ3v) is 1.38. The van der Waals surface area contributed by atoms with Crippen LogP contribution in [0.2, 0.25) is 0 Å². The summed E-state index contributed by atoms with van der Waals surface area (Å²) >= 11 is 4.67. The highest BCUT2D eigenvalue weighted by molar-refractivity contribution is 7.71. The Morgan fingerprint density at radius 2 is 2.27 bits per heavy atom. The van der Waals surface area contributed by atoms with Gasteiger partial charge in [0.15, 0.2) is 4.77 Å². The number of aromatic amines is 2. The van der Waals surface area contributed by atoms with Gasteiger partial charge >= 0.3 is 0 Å². The van der Waals surface area contributed by atoms with Crippen molar-refractivity contribution in [1.82, 2.24) is 9.97 Å². The predicted octanol–water partition coefficient (Wildman–Crippen LogP) is 0.944. The maximum absolute atomic E-state index is 11.8. The largest absolute Gasteiger partial charge is 0.336 e. The molecular weight excluding hydrogens is 167 g/mol. The molecule has 5 heteroatoms. The minimum Gasteiger partial charge on any atom is -0.336 e. The number of halogens is 1. The third-order valence-electron chi connectivity index (χ3n) is 1.18. The number of aryl methyl sites for hydroxylation is 1. The first-order valence-electron chi connectivity index (χ1n) is 3.11. The van der Waals surface area contributed by atoms with Crippen molar-refractivity contribution in [2.45, 2.75) is 6.42 Å². The predicted molar refractivity (Wildman–Crippen MR) is 41.9 cm³/mol. The molecule has 0 aromatic carbocycles. The smallest absolute Gasteiger partial charge is 0.251 e. The minimum absolute atomic E-state index is 0.202. The van der Waals surface area contributed by atoms with Crippen molar-refractivity contribution in [3.63, 3.8) is 0 Å². The summed E-state index contributed by atoms with van der Waals surface area (Å²) in [5.74, 6) is 0. The zero-order valence-electron chi connectivity index (χ0n) is 5.69. The van der Waals surface area contributed by atoms with E-state index in [1.165, 1.54) is 6.07 Å². The van der Waals surface area contributed by atoms with Crippen LogP contribution >= 0.6 is 12.2 Å². The highest BCUT2D eigenvalue weighted by Crippen LogP contribution is 1.90. The van der Waals surface area contributed by atoms with Crippen molar-refractivity contribution in [3.05, 3.63) is 26.9 Å². The summed E-state index contributed by atoms with van der Waals surface area (Å²) in [7, 11) is 0. The lowest BCUT2D eigenvalue weighted by Gasteiger charge is -1.94. The molecule has 0 saturated carbocycles. The van der Waals surface area contributed by atoms with Gasteiger partial charge in [-0.3, -0.25) is 14.2 Å². The van der Waals surface area contributed by atoms with E-state index >= 15 is 0 Å². The lowest BCUT2D eigenvalue weighted by Crippen LogP contribution is -2.08. The van der Waals surface area contributed by atoms with Gasteiger partial charge in [0, 0.05) is 18.2 Å². The summed E-state index contributed by atoms with van der Waals surface area (Å²) in [6.45, 7) is -0.491. The monoisotopic (exact) mass is 174 g/mol. The Labute approximate surface area is 67.3 Å². The summed E-state index contributed by atoms with van der Waals surface area (Å²) in [6.07, 6.45) is 0.202. The molecule has 1 aromatic heterocycles. The number of aromatic nitrogens is 2.